The van der Waals surface area contributed by atoms with E-state index in [0.29, 0.717) is 10.6 Å². The molecule has 2 rings (SSSR count). The van der Waals surface area contributed by atoms with Gasteiger partial charge in [0.25, 0.3) is 0 Å². The van der Waals surface area contributed by atoms with Gasteiger partial charge in [0.15, 0.2) is 9.84 Å². The average Bonchev–Trinajstić information content (AvgIpc) is 3.00. The summed E-state index contributed by atoms with van der Waals surface area (Å²) < 4.78 is 23.6. The van der Waals surface area contributed by atoms with E-state index in [9.17, 15) is 18.3 Å². The molecule has 1 fully saturated rings. The van der Waals surface area contributed by atoms with Gasteiger partial charge < -0.3 is 10.8 Å². The molecule has 3 atom stereocenters. The van der Waals surface area contributed by atoms with Crippen LogP contribution < -0.4 is 5.73 Å². The van der Waals surface area contributed by atoms with Crippen molar-refractivity contribution in [3.8, 4) is 0 Å². The number of hydrogen-bond donors (Lipinski definition) is 2. The third kappa shape index (κ3) is 2.13. The van der Waals surface area contributed by atoms with Gasteiger partial charge in [-0.05, 0) is 17.7 Å². The first-order chi connectivity index (χ1) is 8.75. The smallest absolute Gasteiger partial charge is 0.312 e. The molecule has 0 amide bonds. The Morgan fingerprint density at radius 3 is 2.26 bits per heavy atom. The topological polar surface area (TPSA) is 97.5 Å². The van der Waals surface area contributed by atoms with Crippen LogP contribution in [-0.2, 0) is 14.6 Å². The van der Waals surface area contributed by atoms with Crippen LogP contribution in [0.5, 0.6) is 0 Å². The van der Waals surface area contributed by atoms with Crippen molar-refractivity contribution in [1.29, 1.82) is 0 Å². The average molecular weight is 304 g/mol. The molecule has 19 heavy (non-hydrogen) atoms. The molecule has 0 saturated heterocycles. The largest absolute Gasteiger partial charge is 0.481 e. The molecule has 5 nitrogen and oxygen atoms in total. The van der Waals surface area contributed by atoms with Gasteiger partial charge >= 0.3 is 5.97 Å². The van der Waals surface area contributed by atoms with Gasteiger partial charge in [0, 0.05) is 23.7 Å². The van der Waals surface area contributed by atoms with Crippen LogP contribution in [0.25, 0.3) is 0 Å². The lowest BCUT2D eigenvalue weighted by molar-refractivity contribution is -0.143. The molecule has 7 heteroatoms. The van der Waals surface area contributed by atoms with Gasteiger partial charge in [0.2, 0.25) is 0 Å². The Morgan fingerprint density at radius 2 is 1.95 bits per heavy atom. The summed E-state index contributed by atoms with van der Waals surface area (Å²) in [4.78, 5) is 11.5. The zero-order valence-corrected chi connectivity index (χ0v) is 11.8. The molecule has 0 radical (unpaired) electrons. The van der Waals surface area contributed by atoms with Crippen molar-refractivity contribution in [3.05, 3.63) is 34.9 Å². The summed E-state index contributed by atoms with van der Waals surface area (Å²) in [6.45, 7) is -0.215. The number of hydrogen-bond acceptors (Lipinski definition) is 4. The Morgan fingerprint density at radius 1 is 1.42 bits per heavy atom. The second-order valence-electron chi connectivity index (χ2n) is 4.83. The summed E-state index contributed by atoms with van der Waals surface area (Å²) in [5.74, 6) is -1.80. The van der Waals surface area contributed by atoms with Crippen molar-refractivity contribution in [2.45, 2.75) is 11.2 Å². The van der Waals surface area contributed by atoms with Crippen molar-refractivity contribution < 1.29 is 18.3 Å². The summed E-state index contributed by atoms with van der Waals surface area (Å²) in [6.07, 6.45) is 1.04. The fourth-order valence-corrected chi connectivity index (χ4v) is 4.81. The van der Waals surface area contributed by atoms with E-state index in [-0.39, 0.29) is 6.54 Å². The molecule has 1 aliphatic carbocycles. The minimum absolute atomic E-state index is 0.215. The van der Waals surface area contributed by atoms with E-state index < -0.39 is 32.4 Å². The quantitative estimate of drug-likeness (QED) is 0.860. The Labute approximate surface area is 116 Å². The molecule has 0 aromatic heterocycles. The van der Waals surface area contributed by atoms with Crippen LogP contribution >= 0.6 is 11.6 Å². The first kappa shape index (κ1) is 14.3. The fraction of sp³-hybridized carbons (Fsp3) is 0.417. The SMILES string of the molecule is CS(=O)(=O)[C@@H]1[C@@H](c2ccc(Cl)cc2)[C@@]1(CN)C(=O)O. The number of halogens is 1. The molecule has 0 spiro atoms. The number of benzene rings is 1. The molecule has 0 heterocycles. The number of sulfone groups is 1. The van der Waals surface area contributed by atoms with Gasteiger partial charge in [-0.25, -0.2) is 8.42 Å². The van der Waals surface area contributed by atoms with Gasteiger partial charge in [-0.2, -0.15) is 0 Å². The van der Waals surface area contributed by atoms with Gasteiger partial charge in [-0.1, -0.05) is 23.7 Å². The summed E-state index contributed by atoms with van der Waals surface area (Å²) in [5, 5.41) is 8.88. The van der Waals surface area contributed by atoms with Crippen LogP contribution in [0.3, 0.4) is 0 Å². The molecule has 0 aliphatic heterocycles. The van der Waals surface area contributed by atoms with Crippen molar-refractivity contribution >= 4 is 27.4 Å². The lowest BCUT2D eigenvalue weighted by Gasteiger charge is -2.09. The van der Waals surface area contributed by atoms with Crippen LogP contribution in [0.15, 0.2) is 24.3 Å². The van der Waals surface area contributed by atoms with E-state index >= 15 is 0 Å². The third-order valence-electron chi connectivity index (χ3n) is 3.68. The highest BCUT2D eigenvalue weighted by Gasteiger charge is 2.74. The first-order valence-electron chi connectivity index (χ1n) is 5.63. The second-order valence-corrected chi connectivity index (χ2v) is 7.43. The Kier molecular flexibility index (Phi) is 3.36. The van der Waals surface area contributed by atoms with E-state index in [0.717, 1.165) is 6.26 Å². The van der Waals surface area contributed by atoms with Gasteiger partial charge in [-0.15, -0.1) is 0 Å². The molecular formula is C12H14ClNO4S. The molecule has 1 aromatic rings. The Balaban J connectivity index is 2.50. The van der Waals surface area contributed by atoms with Crippen LogP contribution in [0.1, 0.15) is 11.5 Å². The zero-order valence-electron chi connectivity index (χ0n) is 10.2. The van der Waals surface area contributed by atoms with Crippen molar-refractivity contribution in [1.82, 2.24) is 0 Å². The molecule has 1 aromatic carbocycles. The van der Waals surface area contributed by atoms with E-state index in [1.807, 2.05) is 0 Å². The number of nitrogens with two attached hydrogens (primary N) is 1. The summed E-state index contributed by atoms with van der Waals surface area (Å²) in [5.41, 5.74) is 4.75. The van der Waals surface area contributed by atoms with E-state index in [1.54, 1.807) is 24.3 Å². The van der Waals surface area contributed by atoms with Crippen molar-refractivity contribution in [2.75, 3.05) is 12.8 Å². The number of carboxylic acids is 1. The lowest BCUT2D eigenvalue weighted by atomic mass is 9.99. The monoisotopic (exact) mass is 303 g/mol. The maximum absolute atomic E-state index is 11.8. The maximum atomic E-state index is 11.8. The normalized spacial score (nSPS) is 30.1. The van der Waals surface area contributed by atoms with Crippen LogP contribution in [0, 0.1) is 5.41 Å². The molecule has 0 unspecified atom stereocenters. The van der Waals surface area contributed by atoms with E-state index in [4.69, 9.17) is 17.3 Å². The standard InChI is InChI=1S/C12H14ClNO4S/c1-19(17,18)10-9(12(10,6-14)11(15)16)7-2-4-8(13)5-3-7/h2-5,9-10H,6,14H2,1H3,(H,15,16)/t9-,10-,12-/m1/s1. The summed E-state index contributed by atoms with van der Waals surface area (Å²) in [6, 6.07) is 6.51. The van der Waals surface area contributed by atoms with Crippen LogP contribution in [-0.4, -0.2) is 37.5 Å². The first-order valence-corrected chi connectivity index (χ1v) is 7.96. The highest BCUT2D eigenvalue weighted by molar-refractivity contribution is 7.91. The number of aliphatic carboxylic acids is 1. The molecule has 104 valence electrons. The molecular weight excluding hydrogens is 290 g/mol. The van der Waals surface area contributed by atoms with Crippen LogP contribution in [0.4, 0.5) is 0 Å². The van der Waals surface area contributed by atoms with Gasteiger partial charge in [0.05, 0.1) is 5.25 Å². The highest BCUT2D eigenvalue weighted by Crippen LogP contribution is 2.62. The third-order valence-corrected chi connectivity index (χ3v) is 5.55. The minimum Gasteiger partial charge on any atom is -0.481 e. The molecule has 1 saturated carbocycles. The van der Waals surface area contributed by atoms with E-state index in [1.165, 1.54) is 0 Å². The second kappa shape index (κ2) is 4.47. The molecule has 3 N–H and O–H groups in total. The van der Waals surface area contributed by atoms with Crippen molar-refractivity contribution in [3.63, 3.8) is 0 Å². The molecule has 0 bridgehead atoms. The maximum Gasteiger partial charge on any atom is 0.312 e. The number of carbonyl (C=O) groups is 1. The lowest BCUT2D eigenvalue weighted by Crippen LogP contribution is -2.31. The predicted molar refractivity (Wildman–Crippen MR) is 71.9 cm³/mol. The highest BCUT2D eigenvalue weighted by atomic mass is 35.5. The zero-order chi connectivity index (χ0) is 14.4. The number of rotatable bonds is 4. The fourth-order valence-electron chi connectivity index (χ4n) is 2.76. The van der Waals surface area contributed by atoms with Crippen LogP contribution in [0.2, 0.25) is 5.02 Å². The Hall–Kier alpha value is -1.11. The number of carboxylic acid groups (broad SMARTS) is 1. The van der Waals surface area contributed by atoms with Crippen molar-refractivity contribution in [2.24, 2.45) is 11.1 Å². The minimum atomic E-state index is -3.50. The summed E-state index contributed by atoms with van der Waals surface area (Å²) >= 11 is 5.77. The summed E-state index contributed by atoms with van der Waals surface area (Å²) in [7, 11) is -3.50. The van der Waals surface area contributed by atoms with Gasteiger partial charge in [-0.3, -0.25) is 4.79 Å². The Bertz CT molecular complexity index is 613. The predicted octanol–water partition coefficient (Wildman–Crippen LogP) is 0.880. The van der Waals surface area contributed by atoms with Gasteiger partial charge in [0.1, 0.15) is 5.41 Å². The van der Waals surface area contributed by atoms with E-state index in [2.05, 4.69) is 0 Å². The molecule has 1 aliphatic rings.